The van der Waals surface area contributed by atoms with Gasteiger partial charge in [-0.3, -0.25) is 4.79 Å². The fraction of sp³-hybridized carbons (Fsp3) is 0.300. The average Bonchev–Trinajstić information content (AvgIpc) is 3.00. The molecule has 0 spiro atoms. The first-order valence-corrected chi connectivity index (χ1v) is 8.64. The van der Waals surface area contributed by atoms with Crippen LogP contribution in [0.25, 0.3) is 0 Å². The standard InChI is InChI=1S/C20H21N3O2/c1-23-18-8-7-16(12-15(18)6-9-19(23)24)21-20(25)22-17-10-13-4-2-3-5-14(13)11-17/h2-5,7-8,12,17H,6,9-11H2,1H3,(H2,21,22,25). The van der Waals surface area contributed by atoms with Gasteiger partial charge in [0.05, 0.1) is 0 Å². The lowest BCUT2D eigenvalue weighted by Crippen LogP contribution is -2.38. The molecule has 1 aliphatic heterocycles. The van der Waals surface area contributed by atoms with Crippen LogP contribution < -0.4 is 15.5 Å². The number of aryl methyl sites for hydroxylation is 1. The van der Waals surface area contributed by atoms with E-state index in [1.54, 1.807) is 11.9 Å². The van der Waals surface area contributed by atoms with Crippen molar-refractivity contribution in [2.24, 2.45) is 0 Å². The third-order valence-electron chi connectivity index (χ3n) is 5.07. The molecular formula is C20H21N3O2. The minimum absolute atomic E-state index is 0.131. The van der Waals surface area contributed by atoms with Gasteiger partial charge >= 0.3 is 6.03 Å². The Morgan fingerprint density at radius 3 is 2.48 bits per heavy atom. The van der Waals surface area contributed by atoms with Crippen LogP contribution in [0, 0.1) is 0 Å². The third kappa shape index (κ3) is 3.09. The number of hydrogen-bond acceptors (Lipinski definition) is 2. The fourth-order valence-corrected chi connectivity index (χ4v) is 3.75. The fourth-order valence-electron chi connectivity index (χ4n) is 3.75. The zero-order valence-corrected chi connectivity index (χ0v) is 14.2. The van der Waals surface area contributed by atoms with E-state index >= 15 is 0 Å². The zero-order valence-electron chi connectivity index (χ0n) is 14.2. The molecule has 2 aromatic carbocycles. The maximum atomic E-state index is 12.3. The molecule has 2 aromatic rings. The number of nitrogens with zero attached hydrogens (tertiary/aromatic N) is 1. The minimum Gasteiger partial charge on any atom is -0.334 e. The summed E-state index contributed by atoms with van der Waals surface area (Å²) < 4.78 is 0. The van der Waals surface area contributed by atoms with Gasteiger partial charge in [-0.2, -0.15) is 0 Å². The van der Waals surface area contributed by atoms with Gasteiger partial charge < -0.3 is 15.5 Å². The summed E-state index contributed by atoms with van der Waals surface area (Å²) in [4.78, 5) is 25.7. The molecule has 1 aliphatic carbocycles. The molecule has 0 fully saturated rings. The van der Waals surface area contributed by atoms with Gasteiger partial charge in [0.15, 0.2) is 0 Å². The highest BCUT2D eigenvalue weighted by atomic mass is 16.2. The lowest BCUT2D eigenvalue weighted by Gasteiger charge is -2.26. The largest absolute Gasteiger partial charge is 0.334 e. The van der Waals surface area contributed by atoms with Crippen molar-refractivity contribution in [1.82, 2.24) is 5.32 Å². The zero-order chi connectivity index (χ0) is 17.4. The van der Waals surface area contributed by atoms with Gasteiger partial charge in [-0.1, -0.05) is 24.3 Å². The summed E-state index contributed by atoms with van der Waals surface area (Å²) in [5.74, 6) is 0.131. The Bertz CT molecular complexity index is 822. The first kappa shape index (κ1) is 15.7. The van der Waals surface area contributed by atoms with Crippen LogP contribution >= 0.6 is 0 Å². The highest BCUT2D eigenvalue weighted by Gasteiger charge is 2.23. The number of carbonyl (C=O) groups is 2. The van der Waals surface area contributed by atoms with E-state index in [1.807, 2.05) is 30.3 Å². The van der Waals surface area contributed by atoms with Crippen LogP contribution in [0.4, 0.5) is 16.2 Å². The predicted octanol–water partition coefficient (Wildman–Crippen LogP) is 2.88. The molecule has 0 radical (unpaired) electrons. The molecular weight excluding hydrogens is 314 g/mol. The molecule has 2 N–H and O–H groups in total. The summed E-state index contributed by atoms with van der Waals surface area (Å²) in [6.45, 7) is 0. The number of nitrogens with one attached hydrogen (secondary N) is 2. The van der Waals surface area contributed by atoms with Crippen LogP contribution in [0.5, 0.6) is 0 Å². The number of benzene rings is 2. The highest BCUT2D eigenvalue weighted by Crippen LogP contribution is 2.29. The topological polar surface area (TPSA) is 61.4 Å². The van der Waals surface area contributed by atoms with Crippen molar-refractivity contribution in [2.45, 2.75) is 31.7 Å². The van der Waals surface area contributed by atoms with E-state index in [0.29, 0.717) is 12.8 Å². The molecule has 0 aromatic heterocycles. The monoisotopic (exact) mass is 335 g/mol. The second-order valence-electron chi connectivity index (χ2n) is 6.77. The van der Waals surface area contributed by atoms with E-state index in [1.165, 1.54) is 11.1 Å². The maximum absolute atomic E-state index is 12.3. The molecule has 25 heavy (non-hydrogen) atoms. The lowest BCUT2D eigenvalue weighted by atomic mass is 10.0. The predicted molar refractivity (Wildman–Crippen MR) is 98.0 cm³/mol. The Balaban J connectivity index is 1.40. The molecule has 5 nitrogen and oxygen atoms in total. The molecule has 2 aliphatic rings. The highest BCUT2D eigenvalue weighted by molar-refractivity contribution is 5.97. The first-order chi connectivity index (χ1) is 12.1. The first-order valence-electron chi connectivity index (χ1n) is 8.64. The molecule has 0 saturated carbocycles. The van der Waals surface area contributed by atoms with Gasteiger partial charge in [0.25, 0.3) is 0 Å². The van der Waals surface area contributed by atoms with E-state index in [2.05, 4.69) is 22.8 Å². The summed E-state index contributed by atoms with van der Waals surface area (Å²) in [7, 11) is 1.79. The second kappa shape index (κ2) is 6.24. The lowest BCUT2D eigenvalue weighted by molar-refractivity contribution is -0.118. The summed E-state index contributed by atoms with van der Waals surface area (Å²) in [6.07, 6.45) is 2.98. The van der Waals surface area contributed by atoms with Crippen LogP contribution in [0.15, 0.2) is 42.5 Å². The van der Waals surface area contributed by atoms with E-state index < -0.39 is 0 Å². The second-order valence-corrected chi connectivity index (χ2v) is 6.77. The smallest absolute Gasteiger partial charge is 0.319 e. The summed E-state index contributed by atoms with van der Waals surface area (Å²) >= 11 is 0. The van der Waals surface area contributed by atoms with Crippen molar-refractivity contribution >= 4 is 23.3 Å². The SMILES string of the molecule is CN1C(=O)CCc2cc(NC(=O)NC3Cc4ccccc4C3)ccc21. The van der Waals surface area contributed by atoms with Crippen LogP contribution in [0.2, 0.25) is 0 Å². The number of hydrogen-bond donors (Lipinski definition) is 2. The molecule has 0 bridgehead atoms. The molecule has 1 heterocycles. The number of amides is 3. The molecule has 128 valence electrons. The molecule has 4 rings (SSSR count). The maximum Gasteiger partial charge on any atom is 0.319 e. The van der Waals surface area contributed by atoms with Gasteiger partial charge in [0, 0.05) is 30.9 Å². The Morgan fingerprint density at radius 2 is 1.76 bits per heavy atom. The minimum atomic E-state index is -0.182. The summed E-state index contributed by atoms with van der Waals surface area (Å²) in [6, 6.07) is 14.0. The van der Waals surface area contributed by atoms with E-state index in [4.69, 9.17) is 0 Å². The van der Waals surface area contributed by atoms with Crippen LogP contribution in [0.1, 0.15) is 23.1 Å². The summed E-state index contributed by atoms with van der Waals surface area (Å²) in [5.41, 5.74) is 5.40. The number of anilines is 2. The van der Waals surface area contributed by atoms with Crippen molar-refractivity contribution < 1.29 is 9.59 Å². The molecule has 0 unspecified atom stereocenters. The Kier molecular flexibility index (Phi) is 3.92. The molecule has 3 amide bonds. The van der Waals surface area contributed by atoms with Gasteiger partial charge in [-0.15, -0.1) is 0 Å². The number of urea groups is 1. The van der Waals surface area contributed by atoms with Gasteiger partial charge in [-0.05, 0) is 54.2 Å². The van der Waals surface area contributed by atoms with Crippen LogP contribution in [0.3, 0.4) is 0 Å². The van der Waals surface area contributed by atoms with Crippen molar-refractivity contribution in [3.8, 4) is 0 Å². The van der Waals surface area contributed by atoms with Crippen molar-refractivity contribution in [1.29, 1.82) is 0 Å². The normalized spacial score (nSPS) is 16.4. The van der Waals surface area contributed by atoms with Gasteiger partial charge in [-0.25, -0.2) is 4.79 Å². The number of rotatable bonds is 2. The van der Waals surface area contributed by atoms with Crippen molar-refractivity contribution in [3.63, 3.8) is 0 Å². The Labute approximate surface area is 147 Å². The van der Waals surface area contributed by atoms with Gasteiger partial charge in [0.1, 0.15) is 0 Å². The Morgan fingerprint density at radius 1 is 1.04 bits per heavy atom. The quantitative estimate of drug-likeness (QED) is 0.886. The number of carbonyl (C=O) groups excluding carboxylic acids is 2. The van der Waals surface area contributed by atoms with Crippen LogP contribution in [-0.4, -0.2) is 25.0 Å². The summed E-state index contributed by atoms with van der Waals surface area (Å²) in [5, 5.41) is 5.97. The molecule has 5 heteroatoms. The van der Waals surface area contributed by atoms with Gasteiger partial charge in [0.2, 0.25) is 5.91 Å². The molecule has 0 atom stereocenters. The van der Waals surface area contributed by atoms with E-state index in [-0.39, 0.29) is 18.0 Å². The third-order valence-corrected chi connectivity index (χ3v) is 5.07. The van der Waals surface area contributed by atoms with Crippen molar-refractivity contribution in [3.05, 3.63) is 59.2 Å². The number of fused-ring (bicyclic) bond motifs is 2. The van der Waals surface area contributed by atoms with Crippen molar-refractivity contribution in [2.75, 3.05) is 17.3 Å². The van der Waals surface area contributed by atoms with E-state index in [0.717, 1.165) is 29.8 Å². The average molecular weight is 335 g/mol. The van der Waals surface area contributed by atoms with E-state index in [9.17, 15) is 9.59 Å². The molecule has 0 saturated heterocycles. The Hall–Kier alpha value is -2.82. The van der Waals surface area contributed by atoms with Crippen LogP contribution in [-0.2, 0) is 24.1 Å².